The number of hydrogen-bond acceptors (Lipinski definition) is 5. The van der Waals surface area contributed by atoms with Crippen molar-refractivity contribution in [1.82, 2.24) is 15.0 Å². The number of non-ortho nitro benzene ring substituents is 1. The summed E-state index contributed by atoms with van der Waals surface area (Å²) in [4.78, 5) is 24.4. The van der Waals surface area contributed by atoms with Crippen LogP contribution < -0.4 is 5.32 Å². The van der Waals surface area contributed by atoms with Crippen LogP contribution >= 0.6 is 0 Å². The number of anilines is 1. The molecule has 0 fully saturated rings. The number of rotatable bonds is 5. The van der Waals surface area contributed by atoms with Crippen LogP contribution in [-0.2, 0) is 6.42 Å². The largest absolute Gasteiger partial charge is 0.322 e. The van der Waals surface area contributed by atoms with Gasteiger partial charge < -0.3 is 5.32 Å². The van der Waals surface area contributed by atoms with Crippen molar-refractivity contribution < 1.29 is 9.72 Å². The summed E-state index contributed by atoms with van der Waals surface area (Å²) in [6, 6.07) is 17.1. The minimum absolute atomic E-state index is 0.0623. The van der Waals surface area contributed by atoms with Crippen molar-refractivity contribution in [3.63, 3.8) is 0 Å². The average Bonchev–Trinajstić information content (AvgIpc) is 3.16. The van der Waals surface area contributed by atoms with E-state index in [2.05, 4.69) is 22.4 Å². The molecule has 0 aliphatic heterocycles. The fourth-order valence-electron chi connectivity index (χ4n) is 3.11. The third kappa shape index (κ3) is 3.75. The van der Waals surface area contributed by atoms with Gasteiger partial charge in [0.15, 0.2) is 0 Å². The van der Waals surface area contributed by atoms with Crippen LogP contribution in [-0.4, -0.2) is 25.8 Å². The van der Waals surface area contributed by atoms with E-state index >= 15 is 0 Å². The van der Waals surface area contributed by atoms with Crippen molar-refractivity contribution in [1.29, 1.82) is 0 Å². The van der Waals surface area contributed by atoms with Gasteiger partial charge in [0.05, 0.1) is 10.6 Å². The van der Waals surface area contributed by atoms with Crippen LogP contribution in [0.15, 0.2) is 60.7 Å². The van der Waals surface area contributed by atoms with E-state index in [1.165, 1.54) is 29.8 Å². The lowest BCUT2D eigenvalue weighted by Gasteiger charge is -2.08. The molecule has 8 nitrogen and oxygen atoms in total. The van der Waals surface area contributed by atoms with Gasteiger partial charge in [-0.1, -0.05) is 19.1 Å². The highest BCUT2D eigenvalue weighted by atomic mass is 16.6. The predicted octanol–water partition coefficient (Wildman–Crippen LogP) is 4.45. The lowest BCUT2D eigenvalue weighted by Crippen LogP contribution is -2.12. The smallest absolute Gasteiger partial charge is 0.269 e. The van der Waals surface area contributed by atoms with Gasteiger partial charge in [0.1, 0.15) is 11.0 Å². The van der Waals surface area contributed by atoms with Crippen molar-refractivity contribution in [3.05, 3.63) is 87.5 Å². The summed E-state index contributed by atoms with van der Waals surface area (Å²) < 4.78 is 0. The molecule has 4 aromatic rings. The normalized spacial score (nSPS) is 10.9. The monoisotopic (exact) mass is 401 g/mol. The van der Waals surface area contributed by atoms with E-state index in [-0.39, 0.29) is 11.6 Å². The van der Waals surface area contributed by atoms with E-state index in [0.717, 1.165) is 23.2 Å². The molecule has 1 aromatic heterocycles. The van der Waals surface area contributed by atoms with Gasteiger partial charge in [-0.25, -0.2) is 0 Å². The molecule has 0 saturated carbocycles. The van der Waals surface area contributed by atoms with E-state index in [9.17, 15) is 14.9 Å². The number of nitrogens with zero attached hydrogens (tertiary/aromatic N) is 4. The fraction of sp³-hybridized carbons (Fsp3) is 0.136. The summed E-state index contributed by atoms with van der Waals surface area (Å²) in [6.07, 6.45) is 0.964. The number of aromatic nitrogens is 3. The minimum Gasteiger partial charge on any atom is -0.322 e. The maximum absolute atomic E-state index is 12.5. The van der Waals surface area contributed by atoms with E-state index in [1.807, 2.05) is 37.3 Å². The molecule has 1 heterocycles. The van der Waals surface area contributed by atoms with Gasteiger partial charge in [0, 0.05) is 23.4 Å². The third-order valence-electron chi connectivity index (χ3n) is 4.89. The Morgan fingerprint density at radius 1 is 1.03 bits per heavy atom. The van der Waals surface area contributed by atoms with E-state index in [4.69, 9.17) is 0 Å². The van der Waals surface area contributed by atoms with Crippen LogP contribution in [0.4, 0.5) is 11.4 Å². The zero-order valence-electron chi connectivity index (χ0n) is 16.5. The Kier molecular flexibility index (Phi) is 4.97. The van der Waals surface area contributed by atoms with Crippen LogP contribution in [0.1, 0.15) is 28.4 Å². The number of carbonyl (C=O) groups is 1. The summed E-state index contributed by atoms with van der Waals surface area (Å²) in [5.74, 6) is -0.352. The number of nitrogens with one attached hydrogen (secondary N) is 1. The molecule has 4 rings (SSSR count). The lowest BCUT2D eigenvalue weighted by molar-refractivity contribution is -0.384. The summed E-state index contributed by atoms with van der Waals surface area (Å²) in [5.41, 5.74) is 5.19. The SMILES string of the molecule is CCc1ccc(-n2nc3cc(C)c(NC(=O)c4ccc([N+](=O)[O-])cc4)cc3n2)cc1. The first-order valence-corrected chi connectivity index (χ1v) is 9.47. The van der Waals surface area contributed by atoms with Crippen LogP contribution in [0, 0.1) is 17.0 Å². The summed E-state index contributed by atoms with van der Waals surface area (Å²) in [5, 5.41) is 22.7. The predicted molar refractivity (Wildman–Crippen MR) is 114 cm³/mol. The molecule has 0 unspecified atom stereocenters. The van der Waals surface area contributed by atoms with Crippen molar-refractivity contribution >= 4 is 28.3 Å². The molecule has 0 aliphatic rings. The number of carbonyl (C=O) groups excluding carboxylic acids is 1. The molecular formula is C22H19N5O3. The van der Waals surface area contributed by atoms with Gasteiger partial charge in [-0.2, -0.15) is 4.80 Å². The Bertz CT molecular complexity index is 1240. The fourth-order valence-corrected chi connectivity index (χ4v) is 3.11. The molecule has 0 radical (unpaired) electrons. The Morgan fingerprint density at radius 2 is 1.67 bits per heavy atom. The molecule has 0 aliphatic carbocycles. The number of amides is 1. The Balaban J connectivity index is 1.60. The Labute approximate surface area is 172 Å². The van der Waals surface area contributed by atoms with Crippen molar-refractivity contribution in [3.8, 4) is 5.69 Å². The Morgan fingerprint density at radius 3 is 2.27 bits per heavy atom. The van der Waals surface area contributed by atoms with Crippen LogP contribution in [0.3, 0.4) is 0 Å². The zero-order valence-corrected chi connectivity index (χ0v) is 16.5. The molecule has 0 spiro atoms. The second-order valence-corrected chi connectivity index (χ2v) is 6.92. The molecule has 30 heavy (non-hydrogen) atoms. The number of aryl methyl sites for hydroxylation is 2. The highest BCUT2D eigenvalue weighted by molar-refractivity contribution is 6.05. The summed E-state index contributed by atoms with van der Waals surface area (Å²) in [6.45, 7) is 3.98. The van der Waals surface area contributed by atoms with Gasteiger partial charge in [0.25, 0.3) is 11.6 Å². The lowest BCUT2D eigenvalue weighted by atomic mass is 10.1. The molecule has 0 saturated heterocycles. The molecule has 8 heteroatoms. The van der Waals surface area contributed by atoms with Gasteiger partial charge in [0.2, 0.25) is 0 Å². The number of nitro benzene ring substituents is 1. The summed E-state index contributed by atoms with van der Waals surface area (Å²) in [7, 11) is 0. The van der Waals surface area contributed by atoms with Crippen molar-refractivity contribution in [2.24, 2.45) is 0 Å². The maximum Gasteiger partial charge on any atom is 0.269 e. The highest BCUT2D eigenvalue weighted by Gasteiger charge is 2.13. The first kappa shape index (κ1) is 19.3. The van der Waals surface area contributed by atoms with E-state index in [1.54, 1.807) is 10.9 Å². The molecule has 0 atom stereocenters. The standard InChI is InChI=1S/C22H19N5O3/c1-3-15-4-8-17(9-5-15)26-24-20-12-14(2)19(13-21(20)25-26)23-22(28)16-6-10-18(11-7-16)27(29)30/h4-13H,3H2,1-2H3,(H,23,28). The molecule has 150 valence electrons. The first-order valence-electron chi connectivity index (χ1n) is 9.47. The molecule has 1 amide bonds. The van der Waals surface area contributed by atoms with Gasteiger partial charge in [-0.05, 0) is 60.9 Å². The summed E-state index contributed by atoms with van der Waals surface area (Å²) >= 11 is 0. The third-order valence-corrected chi connectivity index (χ3v) is 4.89. The molecule has 1 N–H and O–H groups in total. The van der Waals surface area contributed by atoms with Gasteiger partial charge >= 0.3 is 0 Å². The topological polar surface area (TPSA) is 103 Å². The second kappa shape index (κ2) is 7.75. The van der Waals surface area contributed by atoms with Crippen molar-refractivity contribution in [2.75, 3.05) is 5.32 Å². The maximum atomic E-state index is 12.5. The molecule has 0 bridgehead atoms. The quantitative estimate of drug-likeness (QED) is 0.393. The number of nitro groups is 1. The van der Waals surface area contributed by atoms with Gasteiger partial charge in [-0.3, -0.25) is 14.9 Å². The van der Waals surface area contributed by atoms with Crippen molar-refractivity contribution in [2.45, 2.75) is 20.3 Å². The van der Waals surface area contributed by atoms with Crippen LogP contribution in [0.5, 0.6) is 0 Å². The zero-order chi connectivity index (χ0) is 21.3. The average molecular weight is 401 g/mol. The van der Waals surface area contributed by atoms with E-state index < -0.39 is 4.92 Å². The first-order chi connectivity index (χ1) is 14.4. The van der Waals surface area contributed by atoms with Crippen LogP contribution in [0.2, 0.25) is 0 Å². The Hall–Kier alpha value is -4.07. The minimum atomic E-state index is -0.501. The van der Waals surface area contributed by atoms with E-state index in [0.29, 0.717) is 16.8 Å². The number of hydrogen-bond donors (Lipinski definition) is 1. The molecular weight excluding hydrogens is 382 g/mol. The highest BCUT2D eigenvalue weighted by Crippen LogP contribution is 2.23. The number of fused-ring (bicyclic) bond motifs is 1. The van der Waals surface area contributed by atoms with Gasteiger partial charge in [-0.15, -0.1) is 10.2 Å². The number of benzene rings is 3. The second-order valence-electron chi connectivity index (χ2n) is 6.92. The van der Waals surface area contributed by atoms with Crippen LogP contribution in [0.25, 0.3) is 16.7 Å². The molecule has 3 aromatic carbocycles.